The smallest absolute Gasteiger partial charge is 0.344 e. The van der Waals surface area contributed by atoms with E-state index in [4.69, 9.17) is 32.7 Å². The minimum absolute atomic E-state index is 0.0683. The first-order chi connectivity index (χ1) is 13.3. The average Bonchev–Trinajstić information content (AvgIpc) is 2.88. The van der Waals surface area contributed by atoms with Crippen LogP contribution in [0.2, 0.25) is 10.0 Å². The van der Waals surface area contributed by atoms with Crippen LogP contribution >= 0.6 is 23.2 Å². The first-order valence-corrected chi connectivity index (χ1v) is 8.71. The molecular formula is C17H16Cl2N2O7. The highest BCUT2D eigenvalue weighted by Crippen LogP contribution is 2.35. The fourth-order valence-electron chi connectivity index (χ4n) is 2.21. The van der Waals surface area contributed by atoms with E-state index in [-0.39, 0.29) is 34.7 Å². The van der Waals surface area contributed by atoms with Crippen LogP contribution in [0.1, 0.15) is 12.5 Å². The second-order valence-electron chi connectivity index (χ2n) is 5.36. The van der Waals surface area contributed by atoms with Crippen molar-refractivity contribution in [2.45, 2.75) is 6.92 Å². The molecule has 1 heterocycles. The summed E-state index contributed by atoms with van der Waals surface area (Å²) < 4.78 is 14.5. The first-order valence-electron chi connectivity index (χ1n) is 7.95. The number of ether oxygens (including phenoxy) is 3. The number of hydrogen-bond acceptors (Lipinski definition) is 7. The molecule has 0 saturated carbocycles. The van der Waals surface area contributed by atoms with Gasteiger partial charge in [-0.1, -0.05) is 23.2 Å². The molecule has 1 aromatic rings. The molecule has 1 aliphatic heterocycles. The van der Waals surface area contributed by atoms with Crippen molar-refractivity contribution in [2.24, 2.45) is 0 Å². The molecule has 0 aromatic heterocycles. The van der Waals surface area contributed by atoms with E-state index >= 15 is 0 Å². The van der Waals surface area contributed by atoms with Gasteiger partial charge in [-0.05, 0) is 30.7 Å². The number of amides is 3. The van der Waals surface area contributed by atoms with Gasteiger partial charge in [-0.15, -0.1) is 0 Å². The van der Waals surface area contributed by atoms with Crippen molar-refractivity contribution in [1.29, 1.82) is 0 Å². The predicted molar refractivity (Wildman–Crippen MR) is 98.8 cm³/mol. The summed E-state index contributed by atoms with van der Waals surface area (Å²) in [4.78, 5) is 47.5. The number of carbonyl (C=O) groups is 4. The van der Waals surface area contributed by atoms with Crippen LogP contribution in [0.5, 0.6) is 5.75 Å². The number of imide groups is 1. The number of halogens is 2. The Morgan fingerprint density at radius 2 is 1.82 bits per heavy atom. The topological polar surface area (TPSA) is 111 Å². The van der Waals surface area contributed by atoms with Gasteiger partial charge in [0.2, 0.25) is 0 Å². The maximum Gasteiger partial charge on any atom is 0.344 e. The number of nitrogens with zero attached hydrogens (tertiary/aromatic N) is 1. The fourth-order valence-corrected chi connectivity index (χ4v) is 2.82. The second kappa shape index (κ2) is 9.43. The number of methoxy groups -OCH3 is 1. The van der Waals surface area contributed by atoms with Crippen LogP contribution in [0.15, 0.2) is 17.8 Å². The van der Waals surface area contributed by atoms with Crippen LogP contribution in [0.3, 0.4) is 0 Å². The number of hydrogen-bond donors (Lipinski definition) is 1. The largest absolute Gasteiger partial charge is 0.479 e. The maximum atomic E-state index is 12.3. The second-order valence-corrected chi connectivity index (χ2v) is 6.18. The van der Waals surface area contributed by atoms with Crippen molar-refractivity contribution in [1.82, 2.24) is 10.2 Å². The Hall–Kier alpha value is -2.78. The summed E-state index contributed by atoms with van der Waals surface area (Å²) in [6, 6.07) is 2.11. The van der Waals surface area contributed by atoms with Crippen LogP contribution in [-0.4, -0.2) is 55.6 Å². The summed E-state index contributed by atoms with van der Waals surface area (Å²) in [7, 11) is 1.15. The normalized spacial score (nSPS) is 14.9. The molecule has 0 spiro atoms. The standard InChI is InChI=1S/C17H16Cl2N2O7/c1-3-27-14(23)8-28-15-10(18)4-9(5-11(15)19)6-12-16(24)21(17(25)20-12)7-13(22)26-2/h4-6H,3,7-8H2,1-2H3,(H,20,25)/b12-6+. The van der Waals surface area contributed by atoms with Crippen LogP contribution in [-0.2, 0) is 23.9 Å². The van der Waals surface area contributed by atoms with Gasteiger partial charge in [-0.3, -0.25) is 9.59 Å². The van der Waals surface area contributed by atoms with Gasteiger partial charge < -0.3 is 19.5 Å². The Kier molecular flexibility index (Phi) is 7.24. The van der Waals surface area contributed by atoms with Gasteiger partial charge in [-0.2, -0.15) is 0 Å². The molecule has 1 fully saturated rings. The molecule has 1 N–H and O–H groups in total. The molecule has 0 aliphatic carbocycles. The molecule has 0 unspecified atom stereocenters. The zero-order valence-corrected chi connectivity index (χ0v) is 16.4. The van der Waals surface area contributed by atoms with Crippen molar-refractivity contribution in [3.8, 4) is 5.75 Å². The summed E-state index contributed by atoms with van der Waals surface area (Å²) in [6.45, 7) is 0.990. The zero-order chi connectivity index (χ0) is 20.8. The molecule has 3 amide bonds. The lowest BCUT2D eigenvalue weighted by Crippen LogP contribution is -2.36. The monoisotopic (exact) mass is 430 g/mol. The molecule has 0 bridgehead atoms. The van der Waals surface area contributed by atoms with Gasteiger partial charge in [0.15, 0.2) is 12.4 Å². The van der Waals surface area contributed by atoms with E-state index < -0.39 is 30.4 Å². The van der Waals surface area contributed by atoms with E-state index in [0.29, 0.717) is 10.5 Å². The van der Waals surface area contributed by atoms with E-state index in [1.807, 2.05) is 0 Å². The van der Waals surface area contributed by atoms with Crippen molar-refractivity contribution in [3.63, 3.8) is 0 Å². The highest BCUT2D eigenvalue weighted by molar-refractivity contribution is 6.37. The molecule has 150 valence electrons. The van der Waals surface area contributed by atoms with E-state index in [1.165, 1.54) is 18.2 Å². The molecular weight excluding hydrogens is 415 g/mol. The lowest BCUT2D eigenvalue weighted by Gasteiger charge is -2.10. The highest BCUT2D eigenvalue weighted by atomic mass is 35.5. The Morgan fingerprint density at radius 3 is 2.39 bits per heavy atom. The number of carbonyl (C=O) groups excluding carboxylic acids is 4. The molecule has 9 nitrogen and oxygen atoms in total. The van der Waals surface area contributed by atoms with E-state index in [1.54, 1.807) is 6.92 Å². The molecule has 0 atom stereocenters. The van der Waals surface area contributed by atoms with Crippen molar-refractivity contribution >= 4 is 53.2 Å². The summed E-state index contributed by atoms with van der Waals surface area (Å²) in [5.41, 5.74) is 0.322. The average molecular weight is 431 g/mol. The van der Waals surface area contributed by atoms with Crippen LogP contribution in [0.4, 0.5) is 4.79 Å². The number of nitrogens with one attached hydrogen (secondary N) is 1. The Balaban J connectivity index is 2.18. The lowest BCUT2D eigenvalue weighted by molar-refractivity contribution is -0.145. The Labute approximate surface area is 170 Å². The van der Waals surface area contributed by atoms with Gasteiger partial charge in [-0.25, -0.2) is 14.5 Å². The zero-order valence-electron chi connectivity index (χ0n) is 14.9. The van der Waals surface area contributed by atoms with E-state index in [2.05, 4.69) is 10.1 Å². The summed E-state index contributed by atoms with van der Waals surface area (Å²) in [5, 5.41) is 2.53. The van der Waals surface area contributed by atoms with Gasteiger partial charge in [0.1, 0.15) is 12.2 Å². The predicted octanol–water partition coefficient (Wildman–Crippen LogP) is 2.00. The maximum absolute atomic E-state index is 12.3. The number of urea groups is 1. The Morgan fingerprint density at radius 1 is 1.18 bits per heavy atom. The lowest BCUT2D eigenvalue weighted by atomic mass is 10.1. The number of rotatable bonds is 7. The fraction of sp³-hybridized carbons (Fsp3) is 0.294. The van der Waals surface area contributed by atoms with Crippen LogP contribution in [0.25, 0.3) is 6.08 Å². The van der Waals surface area contributed by atoms with Crippen molar-refractivity contribution in [2.75, 3.05) is 26.9 Å². The summed E-state index contributed by atoms with van der Waals surface area (Å²) >= 11 is 12.3. The highest BCUT2D eigenvalue weighted by Gasteiger charge is 2.35. The van der Waals surface area contributed by atoms with Gasteiger partial charge in [0, 0.05) is 0 Å². The molecule has 1 saturated heterocycles. The number of benzene rings is 1. The quantitative estimate of drug-likeness (QED) is 0.399. The molecule has 0 radical (unpaired) electrons. The summed E-state index contributed by atoms with van der Waals surface area (Å²) in [5.74, 6) is -1.94. The SMILES string of the molecule is CCOC(=O)COc1c(Cl)cc(/C=C2/NC(=O)N(CC(=O)OC)C2=O)cc1Cl. The third-order valence-electron chi connectivity index (χ3n) is 3.45. The summed E-state index contributed by atoms with van der Waals surface area (Å²) in [6.07, 6.45) is 1.34. The number of esters is 2. The minimum atomic E-state index is -0.756. The van der Waals surface area contributed by atoms with Crippen LogP contribution < -0.4 is 10.1 Å². The van der Waals surface area contributed by atoms with Gasteiger partial charge in [0.05, 0.1) is 23.8 Å². The Bertz CT molecular complexity index is 831. The third kappa shape index (κ3) is 5.14. The van der Waals surface area contributed by atoms with Crippen molar-refractivity contribution in [3.05, 3.63) is 33.4 Å². The van der Waals surface area contributed by atoms with Crippen LogP contribution in [0, 0.1) is 0 Å². The van der Waals surface area contributed by atoms with E-state index in [9.17, 15) is 19.2 Å². The molecule has 11 heteroatoms. The van der Waals surface area contributed by atoms with E-state index in [0.717, 1.165) is 7.11 Å². The first kappa shape index (κ1) is 21.5. The molecule has 2 rings (SSSR count). The molecule has 28 heavy (non-hydrogen) atoms. The van der Waals surface area contributed by atoms with Gasteiger partial charge in [0.25, 0.3) is 5.91 Å². The molecule has 1 aromatic carbocycles. The van der Waals surface area contributed by atoms with Gasteiger partial charge >= 0.3 is 18.0 Å². The van der Waals surface area contributed by atoms with Crippen molar-refractivity contribution < 1.29 is 33.4 Å². The molecule has 1 aliphatic rings. The minimum Gasteiger partial charge on any atom is -0.479 e. The third-order valence-corrected chi connectivity index (χ3v) is 4.01.